The lowest BCUT2D eigenvalue weighted by Gasteiger charge is -2.43. The molecule has 0 amide bonds. The third-order valence-electron chi connectivity index (χ3n) is 4.71. The molecule has 0 aromatic heterocycles. The van der Waals surface area contributed by atoms with E-state index in [4.69, 9.17) is 14.6 Å². The van der Waals surface area contributed by atoms with Gasteiger partial charge in [0.05, 0.1) is 36.4 Å². The van der Waals surface area contributed by atoms with Crippen molar-refractivity contribution in [2.45, 2.75) is 108 Å². The molecule has 0 radical (unpaired) electrons. The molecule has 6 unspecified atom stereocenters. The molecule has 0 aromatic rings. The molecule has 1 heterocycles. The van der Waals surface area contributed by atoms with Crippen LogP contribution in [0, 0.1) is 0 Å². The molecule has 8 heteroatoms. The number of hydrogen-bond acceptors (Lipinski definition) is 7. The summed E-state index contributed by atoms with van der Waals surface area (Å²) in [6.07, 6.45) is -1.82. The highest BCUT2D eigenvalue weighted by atomic mass is 16.7. The molecule has 0 aliphatic carbocycles. The van der Waals surface area contributed by atoms with E-state index in [0.717, 1.165) is 0 Å². The largest absolute Gasteiger partial charge is 0.481 e. The number of unbranched alkanes of at least 4 members (excludes halogenated alkanes) is 1. The maximum Gasteiger partial charge on any atom is 0.305 e. The number of aliphatic carboxylic acids is 1. The number of rotatable bonds is 11. The van der Waals surface area contributed by atoms with E-state index >= 15 is 0 Å². The van der Waals surface area contributed by atoms with E-state index in [-0.39, 0.29) is 18.9 Å². The fourth-order valence-corrected chi connectivity index (χ4v) is 3.05. The lowest BCUT2D eigenvalue weighted by atomic mass is 9.92. The predicted molar refractivity (Wildman–Crippen MR) is 93.5 cm³/mol. The van der Waals surface area contributed by atoms with Gasteiger partial charge in [0, 0.05) is 6.42 Å². The van der Waals surface area contributed by atoms with Gasteiger partial charge < -0.3 is 35.0 Å². The Balaban J connectivity index is 2.25. The summed E-state index contributed by atoms with van der Waals surface area (Å²) in [5.74, 6) is -1.02. The molecule has 1 saturated heterocycles. The first kappa shape index (κ1) is 23.3. The van der Waals surface area contributed by atoms with E-state index in [0.29, 0.717) is 32.1 Å². The quantitative estimate of drug-likeness (QED) is 0.333. The molecule has 0 spiro atoms. The van der Waals surface area contributed by atoms with Crippen molar-refractivity contribution in [2.24, 2.45) is 0 Å². The number of carboxylic acids is 1. The summed E-state index contributed by atoms with van der Waals surface area (Å²) in [5, 5.41) is 48.0. The third kappa shape index (κ3) is 8.28. The Bertz CT molecular complexity index is 427. The Labute approximate surface area is 154 Å². The van der Waals surface area contributed by atoms with Crippen LogP contribution in [0.4, 0.5) is 0 Å². The lowest BCUT2D eigenvalue weighted by molar-refractivity contribution is -0.305. The van der Waals surface area contributed by atoms with E-state index < -0.39 is 42.3 Å². The lowest BCUT2D eigenvalue weighted by Crippen LogP contribution is -2.54. The number of aliphatic hydroxyl groups excluding tert-OH is 4. The number of carbonyl (C=O) groups is 1. The van der Waals surface area contributed by atoms with Crippen LogP contribution in [-0.4, -0.2) is 73.9 Å². The fourth-order valence-electron chi connectivity index (χ4n) is 3.05. The van der Waals surface area contributed by atoms with Gasteiger partial charge in [0.25, 0.3) is 0 Å². The minimum atomic E-state index is -1.02. The first-order chi connectivity index (χ1) is 12.0. The molecule has 0 saturated carbocycles. The minimum Gasteiger partial charge on any atom is -0.481 e. The van der Waals surface area contributed by atoms with Crippen LogP contribution in [0.25, 0.3) is 0 Å². The van der Waals surface area contributed by atoms with E-state index in [1.807, 2.05) is 0 Å². The number of ether oxygens (including phenoxy) is 2. The maximum atomic E-state index is 10.5. The van der Waals surface area contributed by atoms with Crippen LogP contribution >= 0.6 is 0 Å². The van der Waals surface area contributed by atoms with Crippen LogP contribution in [0.3, 0.4) is 0 Å². The van der Waals surface area contributed by atoms with Gasteiger partial charge in [0.1, 0.15) is 6.10 Å². The Morgan fingerprint density at radius 2 is 1.77 bits per heavy atom. The van der Waals surface area contributed by atoms with Crippen LogP contribution in [0.15, 0.2) is 0 Å². The van der Waals surface area contributed by atoms with Crippen LogP contribution < -0.4 is 0 Å². The second-order valence-electron chi connectivity index (χ2n) is 7.78. The van der Waals surface area contributed by atoms with E-state index in [2.05, 4.69) is 0 Å². The molecule has 1 fully saturated rings. The Morgan fingerprint density at radius 1 is 1.19 bits per heavy atom. The summed E-state index contributed by atoms with van der Waals surface area (Å²) >= 11 is 0. The van der Waals surface area contributed by atoms with Crippen molar-refractivity contribution in [3.63, 3.8) is 0 Å². The van der Waals surface area contributed by atoms with Gasteiger partial charge in [-0.25, -0.2) is 0 Å². The van der Waals surface area contributed by atoms with Crippen molar-refractivity contribution < 1.29 is 39.8 Å². The van der Waals surface area contributed by atoms with Gasteiger partial charge in [-0.3, -0.25) is 4.79 Å². The molecule has 1 aliphatic rings. The molecule has 0 bridgehead atoms. The van der Waals surface area contributed by atoms with Gasteiger partial charge >= 0.3 is 5.97 Å². The van der Waals surface area contributed by atoms with Gasteiger partial charge in [-0.1, -0.05) is 12.8 Å². The van der Waals surface area contributed by atoms with Crippen molar-refractivity contribution in [3.05, 3.63) is 0 Å². The molecule has 154 valence electrons. The first-order valence-corrected chi connectivity index (χ1v) is 9.28. The summed E-state index contributed by atoms with van der Waals surface area (Å²) in [7, 11) is 0. The summed E-state index contributed by atoms with van der Waals surface area (Å²) in [5.41, 5.74) is -0.807. The standard InChI is InChI=1S/C18H34O8/c1-11(25-17-14(21)10-15(22)18(2,3)26-17)8-12(19)6-4-5-7-13(20)9-16(23)24/h11-15,17,19-22H,4-10H2,1-3H3,(H,23,24). The molecule has 5 N–H and O–H groups in total. The Hall–Kier alpha value is -0.770. The molecule has 0 aromatic carbocycles. The smallest absolute Gasteiger partial charge is 0.305 e. The highest BCUT2D eigenvalue weighted by molar-refractivity contribution is 5.67. The maximum absolute atomic E-state index is 10.5. The number of aliphatic hydroxyl groups is 4. The zero-order valence-corrected chi connectivity index (χ0v) is 15.9. The normalized spacial score (nSPS) is 29.1. The minimum absolute atomic E-state index is 0.172. The molecular formula is C18H34O8. The number of hydrogen-bond donors (Lipinski definition) is 5. The molecule has 6 atom stereocenters. The van der Waals surface area contributed by atoms with Gasteiger partial charge in [0.15, 0.2) is 6.29 Å². The van der Waals surface area contributed by atoms with E-state index in [9.17, 15) is 25.2 Å². The van der Waals surface area contributed by atoms with Gasteiger partial charge in [-0.05, 0) is 40.0 Å². The number of carboxylic acid groups (broad SMARTS) is 1. The molecule has 8 nitrogen and oxygen atoms in total. The molecular weight excluding hydrogens is 344 g/mol. The topological polar surface area (TPSA) is 137 Å². The van der Waals surface area contributed by atoms with Crippen LogP contribution in [0.5, 0.6) is 0 Å². The molecule has 1 rings (SSSR count). The second kappa shape index (κ2) is 10.5. The fraction of sp³-hybridized carbons (Fsp3) is 0.944. The van der Waals surface area contributed by atoms with Crippen molar-refractivity contribution in [1.29, 1.82) is 0 Å². The van der Waals surface area contributed by atoms with Crippen LogP contribution in [-0.2, 0) is 14.3 Å². The molecule has 26 heavy (non-hydrogen) atoms. The van der Waals surface area contributed by atoms with Gasteiger partial charge in [-0.2, -0.15) is 0 Å². The van der Waals surface area contributed by atoms with Crippen LogP contribution in [0.2, 0.25) is 0 Å². The van der Waals surface area contributed by atoms with E-state index in [1.54, 1.807) is 20.8 Å². The SMILES string of the molecule is CC(CC(O)CCCCC(O)CC(=O)O)OC1OC(C)(C)C(O)CC1O. The first-order valence-electron chi connectivity index (χ1n) is 9.28. The van der Waals surface area contributed by atoms with Gasteiger partial charge in [-0.15, -0.1) is 0 Å². The summed E-state index contributed by atoms with van der Waals surface area (Å²) in [6, 6.07) is 0. The molecule has 1 aliphatic heterocycles. The second-order valence-corrected chi connectivity index (χ2v) is 7.78. The highest BCUT2D eigenvalue weighted by Gasteiger charge is 2.42. The Kier molecular flexibility index (Phi) is 9.43. The Morgan fingerprint density at radius 3 is 2.35 bits per heavy atom. The third-order valence-corrected chi connectivity index (χ3v) is 4.71. The van der Waals surface area contributed by atoms with Crippen molar-refractivity contribution in [2.75, 3.05) is 0 Å². The van der Waals surface area contributed by atoms with Crippen LogP contribution in [0.1, 0.15) is 65.7 Å². The summed E-state index contributed by atoms with van der Waals surface area (Å²) in [4.78, 5) is 10.5. The highest BCUT2D eigenvalue weighted by Crippen LogP contribution is 2.30. The average Bonchev–Trinajstić information content (AvgIpc) is 2.48. The summed E-state index contributed by atoms with van der Waals surface area (Å²) < 4.78 is 11.3. The van der Waals surface area contributed by atoms with Crippen molar-refractivity contribution >= 4 is 5.97 Å². The monoisotopic (exact) mass is 378 g/mol. The predicted octanol–water partition coefficient (Wildman–Crippen LogP) is 0.785. The van der Waals surface area contributed by atoms with E-state index in [1.165, 1.54) is 0 Å². The van der Waals surface area contributed by atoms with Gasteiger partial charge in [0.2, 0.25) is 0 Å². The van der Waals surface area contributed by atoms with Crippen molar-refractivity contribution in [3.8, 4) is 0 Å². The average molecular weight is 378 g/mol. The zero-order valence-electron chi connectivity index (χ0n) is 15.9. The zero-order chi connectivity index (χ0) is 19.9. The van der Waals surface area contributed by atoms with Crippen molar-refractivity contribution in [1.82, 2.24) is 0 Å². The summed E-state index contributed by atoms with van der Waals surface area (Å²) in [6.45, 7) is 5.25.